The maximum absolute atomic E-state index is 16.3. The number of aliphatic carboxylic acids is 1. The third kappa shape index (κ3) is 5.63. The minimum absolute atomic E-state index is 0.204. The zero-order valence-corrected chi connectivity index (χ0v) is 21.0. The van der Waals surface area contributed by atoms with Crippen LogP contribution in [0.4, 0.5) is 16.1 Å². The van der Waals surface area contributed by atoms with Crippen LogP contribution < -0.4 is 10.4 Å². The van der Waals surface area contributed by atoms with E-state index in [1.165, 1.54) is 4.90 Å². The average molecular weight is 529 g/mol. The number of rotatable bonds is 9. The van der Waals surface area contributed by atoms with E-state index >= 15 is 4.39 Å². The number of anilines is 2. The number of hydrogen-bond acceptors (Lipinski definition) is 8. The van der Waals surface area contributed by atoms with Crippen LogP contribution in [-0.4, -0.2) is 46.8 Å². The number of carbonyl (C=O) groups is 2. The number of alkyl halides is 1. The monoisotopic (exact) mass is 528 g/mol. The maximum atomic E-state index is 16.3. The van der Waals surface area contributed by atoms with Crippen LogP contribution in [0.2, 0.25) is 5.02 Å². The number of para-hydroxylation sites is 2. The van der Waals surface area contributed by atoms with Gasteiger partial charge in [-0.2, -0.15) is 9.37 Å². The van der Waals surface area contributed by atoms with Gasteiger partial charge in [0, 0.05) is 25.5 Å². The number of oxazole rings is 1. The molecule has 37 heavy (non-hydrogen) atoms. The van der Waals surface area contributed by atoms with Gasteiger partial charge in [0.05, 0.1) is 16.8 Å². The standard InChI is InChI=1S/C27H29ClFN3O5/c28-20-15-17(7-12-21(20)30-26-31-22-5-1-2-6-23(22)36-26)16-24(33)27(29,32-13-3-4-14-32)37-19-10-8-18(9-11-19)25(34)35/h1-2,5-7,12,15,18-19H,3-4,8-11,13-14,16H2,(H,30,31)(H,34,35)/p-1. The molecule has 2 aliphatic rings. The molecule has 1 aromatic heterocycles. The molecule has 0 radical (unpaired) electrons. The average Bonchev–Trinajstić information content (AvgIpc) is 3.56. The highest BCUT2D eigenvalue weighted by Crippen LogP contribution is 2.35. The first kappa shape index (κ1) is 25.6. The third-order valence-electron chi connectivity index (χ3n) is 7.12. The van der Waals surface area contributed by atoms with E-state index in [4.69, 9.17) is 20.8 Å². The predicted octanol–water partition coefficient (Wildman–Crippen LogP) is 4.38. The summed E-state index contributed by atoms with van der Waals surface area (Å²) in [7, 11) is 0. The van der Waals surface area contributed by atoms with Gasteiger partial charge in [0.15, 0.2) is 5.58 Å². The van der Waals surface area contributed by atoms with Crippen molar-refractivity contribution in [1.29, 1.82) is 0 Å². The van der Waals surface area contributed by atoms with Crippen LogP contribution in [0, 0.1) is 5.92 Å². The summed E-state index contributed by atoms with van der Waals surface area (Å²) in [6.45, 7) is 0.843. The molecule has 1 saturated heterocycles. The lowest BCUT2D eigenvalue weighted by atomic mass is 9.87. The minimum Gasteiger partial charge on any atom is -0.550 e. The fraction of sp³-hybridized carbons (Fsp3) is 0.444. The molecule has 5 rings (SSSR count). The first-order valence-corrected chi connectivity index (χ1v) is 13.0. The lowest BCUT2D eigenvalue weighted by Gasteiger charge is -2.38. The van der Waals surface area contributed by atoms with Crippen LogP contribution in [0.15, 0.2) is 46.9 Å². The summed E-state index contributed by atoms with van der Waals surface area (Å²) in [6.07, 6.45) is 2.26. The van der Waals surface area contributed by atoms with Crippen molar-refractivity contribution >= 4 is 46.2 Å². The summed E-state index contributed by atoms with van der Waals surface area (Å²) in [5.74, 6) is -4.92. The highest BCUT2D eigenvalue weighted by Gasteiger charge is 2.48. The van der Waals surface area contributed by atoms with E-state index in [0.717, 1.165) is 12.8 Å². The molecule has 8 nitrogen and oxygen atoms in total. The number of carbonyl (C=O) groups excluding carboxylic acids is 2. The fourth-order valence-electron chi connectivity index (χ4n) is 5.06. The molecule has 1 atom stereocenters. The second kappa shape index (κ2) is 10.8. The summed E-state index contributed by atoms with van der Waals surface area (Å²) in [5, 5.41) is 14.5. The molecule has 3 aromatic rings. The van der Waals surface area contributed by atoms with E-state index in [1.807, 2.05) is 24.3 Å². The second-order valence-electron chi connectivity index (χ2n) is 9.69. The lowest BCUT2D eigenvalue weighted by molar-refractivity contribution is -0.313. The van der Waals surface area contributed by atoms with Gasteiger partial charge in [0.2, 0.25) is 5.78 Å². The number of ether oxygens (including phenoxy) is 1. The normalized spacial score (nSPS) is 22.1. The number of carboxylic acid groups (broad SMARTS) is 1. The van der Waals surface area contributed by atoms with Crippen molar-refractivity contribution < 1.29 is 28.2 Å². The molecule has 196 valence electrons. The van der Waals surface area contributed by atoms with Crippen molar-refractivity contribution in [3.8, 4) is 0 Å². The molecular weight excluding hydrogens is 501 g/mol. The number of hydrogen-bond donors (Lipinski definition) is 1. The smallest absolute Gasteiger partial charge is 0.330 e. The maximum Gasteiger partial charge on any atom is 0.330 e. The van der Waals surface area contributed by atoms with Crippen molar-refractivity contribution in [3.63, 3.8) is 0 Å². The molecule has 1 aliphatic heterocycles. The van der Waals surface area contributed by atoms with Crippen LogP contribution in [0.5, 0.6) is 0 Å². The lowest BCUT2D eigenvalue weighted by Crippen LogP contribution is -2.55. The molecule has 2 aromatic carbocycles. The van der Waals surface area contributed by atoms with Crippen molar-refractivity contribution in [2.45, 2.75) is 57.0 Å². The van der Waals surface area contributed by atoms with E-state index in [-0.39, 0.29) is 12.4 Å². The van der Waals surface area contributed by atoms with Crippen molar-refractivity contribution in [2.75, 3.05) is 18.4 Å². The first-order chi connectivity index (χ1) is 17.8. The number of nitrogens with one attached hydrogen (secondary N) is 1. The number of aromatic nitrogens is 1. The summed E-state index contributed by atoms with van der Waals surface area (Å²) >= 11 is 6.47. The van der Waals surface area contributed by atoms with Gasteiger partial charge in [0.25, 0.3) is 6.01 Å². The molecule has 0 bridgehead atoms. The van der Waals surface area contributed by atoms with E-state index < -0.39 is 29.8 Å². The molecular formula is C27H28ClFN3O5-. The van der Waals surface area contributed by atoms with Crippen molar-refractivity contribution in [3.05, 3.63) is 53.1 Å². The SMILES string of the molecule is O=C([O-])C1CCC(OC(F)(C(=O)Cc2ccc(Nc3nc4ccccc4o3)c(Cl)c2)N2CCCC2)CC1. The molecule has 1 N–H and O–H groups in total. The van der Waals surface area contributed by atoms with Gasteiger partial charge in [-0.05, 0) is 74.3 Å². The number of nitrogens with zero attached hydrogens (tertiary/aromatic N) is 2. The molecule has 1 aliphatic carbocycles. The Morgan fingerprint density at radius 2 is 1.89 bits per heavy atom. The summed E-state index contributed by atoms with van der Waals surface area (Å²) in [5.41, 5.74) is 2.43. The molecule has 2 heterocycles. The number of likely N-dealkylation sites (tertiary alicyclic amines) is 1. The van der Waals surface area contributed by atoms with Crippen molar-refractivity contribution in [2.24, 2.45) is 5.92 Å². The Hall–Kier alpha value is -3.01. The van der Waals surface area contributed by atoms with Gasteiger partial charge >= 0.3 is 5.98 Å². The van der Waals surface area contributed by atoms with Crippen LogP contribution in [-0.2, 0) is 20.7 Å². The second-order valence-corrected chi connectivity index (χ2v) is 10.1. The topological polar surface area (TPSA) is 108 Å². The Balaban J connectivity index is 1.28. The molecule has 1 unspecified atom stereocenters. The fourth-order valence-corrected chi connectivity index (χ4v) is 5.31. The first-order valence-electron chi connectivity index (χ1n) is 12.6. The number of Topliss-reactive ketones (excluding diaryl/α,β-unsaturated/α-hetero) is 1. The van der Waals surface area contributed by atoms with Gasteiger partial charge in [-0.3, -0.25) is 4.79 Å². The summed E-state index contributed by atoms with van der Waals surface area (Å²) in [4.78, 5) is 30.3. The van der Waals surface area contributed by atoms with E-state index in [2.05, 4.69) is 10.3 Å². The van der Waals surface area contributed by atoms with Crippen LogP contribution in [0.1, 0.15) is 44.1 Å². The number of fused-ring (bicyclic) bond motifs is 1. The molecule has 0 spiro atoms. The predicted molar refractivity (Wildman–Crippen MR) is 134 cm³/mol. The van der Waals surface area contributed by atoms with Gasteiger partial charge in [0.1, 0.15) is 5.52 Å². The van der Waals surface area contributed by atoms with Crippen LogP contribution in [0.25, 0.3) is 11.1 Å². The Morgan fingerprint density at radius 3 is 2.57 bits per heavy atom. The molecule has 10 heteroatoms. The molecule has 1 saturated carbocycles. The van der Waals surface area contributed by atoms with E-state index in [0.29, 0.717) is 66.1 Å². The Morgan fingerprint density at radius 1 is 1.16 bits per heavy atom. The quantitative estimate of drug-likeness (QED) is 0.408. The number of halogens is 2. The molecule has 2 fully saturated rings. The third-order valence-corrected chi connectivity index (χ3v) is 7.43. The largest absolute Gasteiger partial charge is 0.550 e. The number of benzene rings is 2. The number of carboxylic acids is 1. The highest BCUT2D eigenvalue weighted by molar-refractivity contribution is 6.33. The van der Waals surface area contributed by atoms with Crippen LogP contribution >= 0.6 is 11.6 Å². The summed E-state index contributed by atoms with van der Waals surface area (Å²) < 4.78 is 27.8. The molecule has 0 amide bonds. The zero-order valence-electron chi connectivity index (χ0n) is 20.3. The van der Waals surface area contributed by atoms with Gasteiger partial charge in [-0.15, -0.1) is 0 Å². The summed E-state index contributed by atoms with van der Waals surface area (Å²) in [6, 6.07) is 12.6. The Bertz CT molecular complexity index is 1250. The number of ketones is 1. The van der Waals surface area contributed by atoms with E-state index in [1.54, 1.807) is 18.2 Å². The Kier molecular flexibility index (Phi) is 7.46. The van der Waals surface area contributed by atoms with E-state index in [9.17, 15) is 14.7 Å². The zero-order chi connectivity index (χ0) is 26.0. The van der Waals surface area contributed by atoms with Gasteiger partial charge < -0.3 is 24.4 Å². The Labute approximate surface area is 218 Å². The van der Waals surface area contributed by atoms with Gasteiger partial charge in [-0.25, -0.2) is 4.90 Å². The highest BCUT2D eigenvalue weighted by atomic mass is 35.5. The van der Waals surface area contributed by atoms with Crippen LogP contribution in [0.3, 0.4) is 0 Å². The van der Waals surface area contributed by atoms with Gasteiger partial charge in [-0.1, -0.05) is 29.8 Å². The minimum atomic E-state index is -2.57. The van der Waals surface area contributed by atoms with Crippen molar-refractivity contribution in [1.82, 2.24) is 9.88 Å².